The van der Waals surface area contributed by atoms with Crippen molar-refractivity contribution in [2.24, 2.45) is 0 Å². The Morgan fingerprint density at radius 1 is 0.406 bits per heavy atom. The van der Waals surface area contributed by atoms with Crippen LogP contribution in [0.4, 0.5) is 17.1 Å². The number of halogens is 1. The summed E-state index contributed by atoms with van der Waals surface area (Å²) in [5.74, 6) is 0. The Bertz CT molecular complexity index is 1530. The molecule has 32 heavy (non-hydrogen) atoms. The Balaban J connectivity index is 1.78. The van der Waals surface area contributed by atoms with Gasteiger partial charge in [0.1, 0.15) is 0 Å². The number of rotatable bonds is 3. The quantitative estimate of drug-likeness (QED) is 0.231. The molecule has 0 aliphatic heterocycles. The molecule has 152 valence electrons. The van der Waals surface area contributed by atoms with Crippen LogP contribution in [0.5, 0.6) is 0 Å². The average molecular weight is 474 g/mol. The molecule has 0 unspecified atom stereocenters. The minimum absolute atomic E-state index is 1.13. The average Bonchev–Trinajstić information content (AvgIpc) is 2.86. The highest BCUT2D eigenvalue weighted by atomic mass is 79.9. The van der Waals surface area contributed by atoms with Crippen LogP contribution in [0.25, 0.3) is 32.3 Å². The van der Waals surface area contributed by atoms with E-state index in [9.17, 15) is 0 Å². The van der Waals surface area contributed by atoms with Gasteiger partial charge in [0.05, 0.1) is 5.69 Å². The van der Waals surface area contributed by atoms with Crippen molar-refractivity contribution < 1.29 is 0 Å². The first-order valence-corrected chi connectivity index (χ1v) is 11.5. The lowest BCUT2D eigenvalue weighted by molar-refractivity contribution is 1.30. The van der Waals surface area contributed by atoms with Gasteiger partial charge in [0, 0.05) is 21.2 Å². The smallest absolute Gasteiger partial charge is 0.0546 e. The standard InChI is InChI=1S/C30H20BrN/c31-29-19-27-24-16-8-10-18-26(24)30(20-28(27)23-15-7-9-17-25(23)29)32(21-11-3-1-4-12-21)22-13-5-2-6-14-22/h1-20H. The predicted molar refractivity (Wildman–Crippen MR) is 141 cm³/mol. The van der Waals surface area contributed by atoms with Crippen LogP contribution in [-0.4, -0.2) is 0 Å². The Labute approximate surface area is 195 Å². The van der Waals surface area contributed by atoms with Gasteiger partial charge in [0.25, 0.3) is 0 Å². The van der Waals surface area contributed by atoms with Crippen LogP contribution in [-0.2, 0) is 0 Å². The number of anilines is 3. The maximum absolute atomic E-state index is 3.81. The van der Waals surface area contributed by atoms with E-state index in [1.807, 2.05) is 0 Å². The van der Waals surface area contributed by atoms with Crippen molar-refractivity contribution in [1.29, 1.82) is 0 Å². The van der Waals surface area contributed by atoms with Gasteiger partial charge in [0.2, 0.25) is 0 Å². The predicted octanol–water partition coefficient (Wildman–Crippen LogP) is 9.38. The fraction of sp³-hybridized carbons (Fsp3) is 0. The first-order chi connectivity index (χ1) is 15.8. The Kier molecular flexibility index (Phi) is 4.66. The zero-order chi connectivity index (χ0) is 21.5. The van der Waals surface area contributed by atoms with Crippen molar-refractivity contribution in [3.8, 4) is 0 Å². The second-order valence-corrected chi connectivity index (χ2v) is 8.80. The van der Waals surface area contributed by atoms with E-state index in [4.69, 9.17) is 0 Å². The van der Waals surface area contributed by atoms with Gasteiger partial charge < -0.3 is 4.90 Å². The summed E-state index contributed by atoms with van der Waals surface area (Å²) >= 11 is 3.81. The van der Waals surface area contributed by atoms with Crippen molar-refractivity contribution in [3.05, 3.63) is 126 Å². The van der Waals surface area contributed by atoms with Gasteiger partial charge in [-0.1, -0.05) is 101 Å². The Morgan fingerprint density at radius 2 is 0.844 bits per heavy atom. The van der Waals surface area contributed by atoms with Gasteiger partial charge >= 0.3 is 0 Å². The third-order valence-corrected chi connectivity index (χ3v) is 6.74. The molecule has 0 saturated carbocycles. The van der Waals surface area contributed by atoms with Gasteiger partial charge in [-0.2, -0.15) is 0 Å². The van der Waals surface area contributed by atoms with E-state index in [1.165, 1.54) is 38.0 Å². The molecule has 0 aliphatic rings. The van der Waals surface area contributed by atoms with E-state index in [-0.39, 0.29) is 0 Å². The van der Waals surface area contributed by atoms with E-state index >= 15 is 0 Å². The fourth-order valence-electron chi connectivity index (χ4n) is 4.65. The molecule has 6 rings (SSSR count). The second kappa shape index (κ2) is 7.81. The minimum Gasteiger partial charge on any atom is -0.310 e. The van der Waals surface area contributed by atoms with Crippen LogP contribution >= 0.6 is 15.9 Å². The summed E-state index contributed by atoms with van der Waals surface area (Å²) in [7, 11) is 0. The molecule has 0 aliphatic carbocycles. The van der Waals surface area contributed by atoms with Crippen molar-refractivity contribution in [3.63, 3.8) is 0 Å². The van der Waals surface area contributed by atoms with Crippen LogP contribution in [0.2, 0.25) is 0 Å². The van der Waals surface area contributed by atoms with Crippen molar-refractivity contribution in [2.45, 2.75) is 0 Å². The Morgan fingerprint density at radius 3 is 1.44 bits per heavy atom. The fourth-order valence-corrected chi connectivity index (χ4v) is 5.23. The van der Waals surface area contributed by atoms with E-state index in [0.29, 0.717) is 0 Å². The molecule has 0 bridgehead atoms. The van der Waals surface area contributed by atoms with Crippen molar-refractivity contribution >= 4 is 65.3 Å². The highest BCUT2D eigenvalue weighted by molar-refractivity contribution is 9.10. The molecule has 0 aromatic heterocycles. The van der Waals surface area contributed by atoms with Crippen LogP contribution in [0.3, 0.4) is 0 Å². The zero-order valence-electron chi connectivity index (χ0n) is 17.4. The highest BCUT2D eigenvalue weighted by Gasteiger charge is 2.18. The number of hydrogen-bond acceptors (Lipinski definition) is 1. The number of para-hydroxylation sites is 2. The molecule has 0 spiro atoms. The minimum atomic E-state index is 1.13. The first kappa shape index (κ1) is 19.1. The molecule has 0 saturated heterocycles. The van der Waals surface area contributed by atoms with E-state index in [0.717, 1.165) is 15.8 Å². The summed E-state index contributed by atoms with van der Waals surface area (Å²) in [4.78, 5) is 2.36. The lowest BCUT2D eigenvalue weighted by Crippen LogP contribution is -2.10. The molecule has 2 heteroatoms. The maximum atomic E-state index is 3.81. The SMILES string of the molecule is Brc1cc2c3ccccc3c(N(c3ccccc3)c3ccccc3)cc2c2ccccc12. The summed E-state index contributed by atoms with van der Waals surface area (Å²) in [6.45, 7) is 0. The highest BCUT2D eigenvalue weighted by Crippen LogP contribution is 2.44. The van der Waals surface area contributed by atoms with Gasteiger partial charge in [-0.15, -0.1) is 0 Å². The summed E-state index contributed by atoms with van der Waals surface area (Å²) in [5.41, 5.74) is 3.47. The zero-order valence-corrected chi connectivity index (χ0v) is 19.0. The molecular weight excluding hydrogens is 454 g/mol. The molecule has 0 atom stereocenters. The normalized spacial score (nSPS) is 11.3. The third-order valence-electron chi connectivity index (χ3n) is 6.08. The lowest BCUT2D eigenvalue weighted by Gasteiger charge is -2.27. The molecule has 0 fully saturated rings. The van der Waals surface area contributed by atoms with Gasteiger partial charge in [-0.05, 0) is 63.3 Å². The maximum Gasteiger partial charge on any atom is 0.0546 e. The van der Waals surface area contributed by atoms with Crippen LogP contribution < -0.4 is 4.90 Å². The number of nitrogens with zero attached hydrogens (tertiary/aromatic N) is 1. The number of fused-ring (bicyclic) bond motifs is 5. The second-order valence-electron chi connectivity index (χ2n) is 7.95. The molecule has 0 N–H and O–H groups in total. The lowest BCUT2D eigenvalue weighted by atomic mass is 9.95. The van der Waals surface area contributed by atoms with Crippen molar-refractivity contribution in [1.82, 2.24) is 0 Å². The topological polar surface area (TPSA) is 3.24 Å². The molecule has 0 radical (unpaired) electrons. The molecule has 6 aromatic carbocycles. The van der Waals surface area contributed by atoms with Gasteiger partial charge in [-0.25, -0.2) is 0 Å². The van der Waals surface area contributed by atoms with Crippen LogP contribution in [0, 0.1) is 0 Å². The third kappa shape index (κ3) is 3.07. The number of hydrogen-bond donors (Lipinski definition) is 0. The van der Waals surface area contributed by atoms with Crippen LogP contribution in [0.15, 0.2) is 126 Å². The molecule has 6 aromatic rings. The summed E-state index contributed by atoms with van der Waals surface area (Å²) in [6.07, 6.45) is 0. The van der Waals surface area contributed by atoms with Gasteiger partial charge in [-0.3, -0.25) is 0 Å². The molecule has 0 amide bonds. The Hall–Kier alpha value is -3.62. The summed E-state index contributed by atoms with van der Waals surface area (Å²) < 4.78 is 1.13. The number of benzene rings is 6. The molecular formula is C30H20BrN. The summed E-state index contributed by atoms with van der Waals surface area (Å²) in [6, 6.07) is 43.2. The van der Waals surface area contributed by atoms with E-state index in [1.54, 1.807) is 0 Å². The molecule has 1 nitrogen and oxygen atoms in total. The van der Waals surface area contributed by atoms with E-state index < -0.39 is 0 Å². The van der Waals surface area contributed by atoms with Gasteiger partial charge in [0.15, 0.2) is 0 Å². The molecule has 0 heterocycles. The first-order valence-electron chi connectivity index (χ1n) is 10.7. The van der Waals surface area contributed by atoms with E-state index in [2.05, 4.69) is 142 Å². The van der Waals surface area contributed by atoms with Crippen molar-refractivity contribution in [2.75, 3.05) is 4.90 Å². The summed E-state index contributed by atoms with van der Waals surface area (Å²) in [5, 5.41) is 7.49. The monoisotopic (exact) mass is 473 g/mol. The van der Waals surface area contributed by atoms with Crippen LogP contribution in [0.1, 0.15) is 0 Å². The largest absolute Gasteiger partial charge is 0.310 e.